The van der Waals surface area contributed by atoms with Gasteiger partial charge in [0.15, 0.2) is 0 Å². The number of hydrogen-bond donors (Lipinski definition) is 1. The summed E-state index contributed by atoms with van der Waals surface area (Å²) >= 11 is 0. The molecule has 1 saturated heterocycles. The molecule has 1 N–H and O–H groups in total. The van der Waals surface area contributed by atoms with Crippen molar-refractivity contribution in [2.75, 3.05) is 13.1 Å². The zero-order chi connectivity index (χ0) is 14.4. The smallest absolute Gasteiger partial charge is 0.254 e. The first-order valence-electron chi connectivity index (χ1n) is 6.95. The van der Waals surface area contributed by atoms with Crippen molar-refractivity contribution in [2.45, 2.75) is 13.0 Å². The van der Waals surface area contributed by atoms with E-state index in [0.717, 1.165) is 16.9 Å². The molecule has 106 valence electrons. The van der Waals surface area contributed by atoms with Crippen molar-refractivity contribution in [3.63, 3.8) is 0 Å². The third-order valence-electron chi connectivity index (χ3n) is 3.90. The Bertz CT molecular complexity index is 799. The molecule has 1 aliphatic rings. The standard InChI is InChI=1S/C15H15N5O/c1-10-17-13-4-3-11(7-14(13)18-10)15(21)19-8-12(9-19)20-6-2-5-16-20/h2-7,12H,8-9H2,1H3,(H,17,18). The molecule has 3 aromatic rings. The van der Waals surface area contributed by atoms with Crippen LogP contribution < -0.4 is 0 Å². The number of aryl methyl sites for hydroxylation is 1. The molecule has 0 atom stereocenters. The molecule has 0 radical (unpaired) electrons. The van der Waals surface area contributed by atoms with E-state index in [9.17, 15) is 4.79 Å². The normalized spacial score (nSPS) is 15.4. The Labute approximate surface area is 121 Å². The first-order chi connectivity index (χ1) is 10.2. The van der Waals surface area contributed by atoms with Crippen molar-refractivity contribution < 1.29 is 4.79 Å². The van der Waals surface area contributed by atoms with E-state index in [-0.39, 0.29) is 5.91 Å². The van der Waals surface area contributed by atoms with Crippen molar-refractivity contribution in [1.82, 2.24) is 24.6 Å². The predicted molar refractivity (Wildman–Crippen MR) is 78.0 cm³/mol. The van der Waals surface area contributed by atoms with E-state index in [1.54, 1.807) is 6.20 Å². The molecule has 1 aromatic carbocycles. The average molecular weight is 281 g/mol. The fourth-order valence-electron chi connectivity index (χ4n) is 2.74. The van der Waals surface area contributed by atoms with E-state index < -0.39 is 0 Å². The number of rotatable bonds is 2. The first kappa shape index (κ1) is 12.1. The zero-order valence-electron chi connectivity index (χ0n) is 11.7. The maximum Gasteiger partial charge on any atom is 0.254 e. The molecule has 0 bridgehead atoms. The summed E-state index contributed by atoms with van der Waals surface area (Å²) in [6.45, 7) is 3.33. The van der Waals surface area contributed by atoms with Gasteiger partial charge in [-0.15, -0.1) is 0 Å². The number of nitrogens with zero attached hydrogens (tertiary/aromatic N) is 4. The second-order valence-electron chi connectivity index (χ2n) is 5.40. The van der Waals surface area contributed by atoms with Crippen LogP contribution in [0.15, 0.2) is 36.7 Å². The van der Waals surface area contributed by atoms with Gasteiger partial charge in [-0.05, 0) is 31.2 Å². The summed E-state index contributed by atoms with van der Waals surface area (Å²) < 4.78 is 1.91. The summed E-state index contributed by atoms with van der Waals surface area (Å²) in [6, 6.07) is 7.79. The van der Waals surface area contributed by atoms with E-state index in [4.69, 9.17) is 0 Å². The Morgan fingerprint density at radius 2 is 2.24 bits per heavy atom. The lowest BCUT2D eigenvalue weighted by molar-refractivity contribution is 0.0502. The molecule has 0 spiro atoms. The molecule has 0 unspecified atom stereocenters. The van der Waals surface area contributed by atoms with Gasteiger partial charge in [0.2, 0.25) is 0 Å². The van der Waals surface area contributed by atoms with Gasteiger partial charge in [0, 0.05) is 31.0 Å². The molecule has 6 nitrogen and oxygen atoms in total. The van der Waals surface area contributed by atoms with Crippen molar-refractivity contribution in [3.8, 4) is 0 Å². The molecule has 21 heavy (non-hydrogen) atoms. The number of nitrogens with one attached hydrogen (secondary N) is 1. The summed E-state index contributed by atoms with van der Waals surface area (Å²) in [5.74, 6) is 0.921. The second-order valence-corrected chi connectivity index (χ2v) is 5.40. The van der Waals surface area contributed by atoms with Crippen LogP contribution in [0, 0.1) is 6.92 Å². The first-order valence-corrected chi connectivity index (χ1v) is 6.95. The highest BCUT2D eigenvalue weighted by atomic mass is 16.2. The van der Waals surface area contributed by atoms with Crippen molar-refractivity contribution >= 4 is 16.9 Å². The fraction of sp³-hybridized carbons (Fsp3) is 0.267. The van der Waals surface area contributed by atoms with Crippen LogP contribution in [0.4, 0.5) is 0 Å². The van der Waals surface area contributed by atoms with E-state index in [0.29, 0.717) is 24.7 Å². The molecule has 0 aliphatic carbocycles. The van der Waals surface area contributed by atoms with E-state index >= 15 is 0 Å². The van der Waals surface area contributed by atoms with E-state index in [1.165, 1.54) is 0 Å². The number of likely N-dealkylation sites (tertiary alicyclic amines) is 1. The van der Waals surface area contributed by atoms with Gasteiger partial charge in [-0.25, -0.2) is 4.98 Å². The van der Waals surface area contributed by atoms with Crippen molar-refractivity contribution in [2.24, 2.45) is 0 Å². The molecular formula is C15H15N5O. The zero-order valence-corrected chi connectivity index (χ0v) is 11.7. The van der Waals surface area contributed by atoms with Crippen LogP contribution in [0.5, 0.6) is 0 Å². The molecular weight excluding hydrogens is 266 g/mol. The Morgan fingerprint density at radius 1 is 1.38 bits per heavy atom. The van der Waals surface area contributed by atoms with Crippen LogP contribution in [-0.4, -0.2) is 43.6 Å². The van der Waals surface area contributed by atoms with Crippen LogP contribution in [0.1, 0.15) is 22.2 Å². The lowest BCUT2D eigenvalue weighted by Gasteiger charge is -2.39. The number of imidazole rings is 1. The maximum absolute atomic E-state index is 12.5. The van der Waals surface area contributed by atoms with Gasteiger partial charge >= 0.3 is 0 Å². The molecule has 2 aromatic heterocycles. The van der Waals surface area contributed by atoms with Gasteiger partial charge in [0.1, 0.15) is 5.82 Å². The third kappa shape index (κ3) is 1.99. The largest absolute Gasteiger partial charge is 0.342 e. The number of benzene rings is 1. The molecule has 3 heterocycles. The summed E-state index contributed by atoms with van der Waals surface area (Å²) in [5.41, 5.74) is 2.50. The SMILES string of the molecule is Cc1nc2ccc(C(=O)N3CC(n4cccn4)C3)cc2[nH]1. The second kappa shape index (κ2) is 4.44. The lowest BCUT2D eigenvalue weighted by atomic mass is 10.1. The fourth-order valence-corrected chi connectivity index (χ4v) is 2.74. The number of carbonyl (C=O) groups is 1. The molecule has 1 amide bonds. The van der Waals surface area contributed by atoms with Gasteiger partial charge in [-0.2, -0.15) is 5.10 Å². The van der Waals surface area contributed by atoms with Gasteiger partial charge in [-0.3, -0.25) is 9.48 Å². The molecule has 1 aliphatic heterocycles. The summed E-state index contributed by atoms with van der Waals surface area (Å²) in [7, 11) is 0. The summed E-state index contributed by atoms with van der Waals surface area (Å²) in [6.07, 6.45) is 3.70. The summed E-state index contributed by atoms with van der Waals surface area (Å²) in [4.78, 5) is 21.8. The number of aromatic nitrogens is 4. The topological polar surface area (TPSA) is 66.8 Å². The Balaban J connectivity index is 1.52. The van der Waals surface area contributed by atoms with Crippen LogP contribution >= 0.6 is 0 Å². The number of amides is 1. The van der Waals surface area contributed by atoms with Crippen molar-refractivity contribution in [1.29, 1.82) is 0 Å². The number of fused-ring (bicyclic) bond motifs is 1. The quantitative estimate of drug-likeness (QED) is 0.778. The van der Waals surface area contributed by atoms with Gasteiger partial charge in [-0.1, -0.05) is 0 Å². The number of aromatic amines is 1. The number of carbonyl (C=O) groups excluding carboxylic acids is 1. The monoisotopic (exact) mass is 281 g/mol. The number of hydrogen-bond acceptors (Lipinski definition) is 3. The third-order valence-corrected chi connectivity index (χ3v) is 3.90. The average Bonchev–Trinajstić information content (AvgIpc) is 3.04. The van der Waals surface area contributed by atoms with Crippen LogP contribution in [-0.2, 0) is 0 Å². The predicted octanol–water partition coefficient (Wildman–Crippen LogP) is 1.76. The summed E-state index contributed by atoms with van der Waals surface area (Å²) in [5, 5.41) is 4.21. The maximum atomic E-state index is 12.5. The Morgan fingerprint density at radius 3 is 3.00 bits per heavy atom. The minimum atomic E-state index is 0.0626. The Hall–Kier alpha value is -2.63. The highest BCUT2D eigenvalue weighted by Gasteiger charge is 2.32. The minimum absolute atomic E-state index is 0.0626. The van der Waals surface area contributed by atoms with Gasteiger partial charge < -0.3 is 9.88 Å². The number of H-pyrrole nitrogens is 1. The lowest BCUT2D eigenvalue weighted by Crippen LogP contribution is -2.50. The molecule has 4 rings (SSSR count). The van der Waals surface area contributed by atoms with Gasteiger partial charge in [0.05, 0.1) is 17.1 Å². The van der Waals surface area contributed by atoms with Crippen LogP contribution in [0.2, 0.25) is 0 Å². The van der Waals surface area contributed by atoms with Gasteiger partial charge in [0.25, 0.3) is 5.91 Å². The highest BCUT2D eigenvalue weighted by molar-refractivity contribution is 5.97. The molecule has 1 fully saturated rings. The van der Waals surface area contributed by atoms with Crippen LogP contribution in [0.3, 0.4) is 0 Å². The van der Waals surface area contributed by atoms with Crippen molar-refractivity contribution in [3.05, 3.63) is 48.0 Å². The van der Waals surface area contributed by atoms with E-state index in [1.807, 2.05) is 47.0 Å². The highest BCUT2D eigenvalue weighted by Crippen LogP contribution is 2.23. The minimum Gasteiger partial charge on any atom is -0.342 e. The van der Waals surface area contributed by atoms with Crippen LogP contribution in [0.25, 0.3) is 11.0 Å². The molecule has 6 heteroatoms. The molecule has 0 saturated carbocycles. The Kier molecular flexibility index (Phi) is 2.57. The van der Waals surface area contributed by atoms with E-state index in [2.05, 4.69) is 15.1 Å².